The second-order valence-electron chi connectivity index (χ2n) is 6.66. The third-order valence-corrected chi connectivity index (χ3v) is 4.93. The Morgan fingerprint density at radius 1 is 1.27 bits per heavy atom. The van der Waals surface area contributed by atoms with Gasteiger partial charge in [0.25, 0.3) is 0 Å². The molecule has 0 radical (unpaired) electrons. The molecule has 1 saturated heterocycles. The molecule has 1 aromatic carbocycles. The highest BCUT2D eigenvalue weighted by Gasteiger charge is 2.23. The number of pyridine rings is 1. The van der Waals surface area contributed by atoms with Crippen molar-refractivity contribution < 1.29 is 9.47 Å². The summed E-state index contributed by atoms with van der Waals surface area (Å²) >= 11 is 0. The van der Waals surface area contributed by atoms with Gasteiger partial charge >= 0.3 is 0 Å². The van der Waals surface area contributed by atoms with E-state index in [4.69, 9.17) is 9.47 Å². The Morgan fingerprint density at radius 2 is 2.19 bits per heavy atom. The van der Waals surface area contributed by atoms with Gasteiger partial charge in [0.15, 0.2) is 11.5 Å². The molecule has 1 aromatic heterocycles. The number of allylic oxidation sites excluding steroid dienone is 1. The zero-order chi connectivity index (χ0) is 18.2. The summed E-state index contributed by atoms with van der Waals surface area (Å²) < 4.78 is 11.5. The van der Waals surface area contributed by atoms with Crippen LogP contribution in [0.15, 0.2) is 55.4 Å². The molecule has 0 saturated carbocycles. The fourth-order valence-electron chi connectivity index (χ4n) is 3.61. The number of nitrogens with zero attached hydrogens (tertiary/aromatic N) is 2. The highest BCUT2D eigenvalue weighted by molar-refractivity contribution is 5.43. The van der Waals surface area contributed by atoms with E-state index in [2.05, 4.69) is 28.6 Å². The van der Waals surface area contributed by atoms with Crippen molar-refractivity contribution in [2.75, 3.05) is 26.8 Å². The van der Waals surface area contributed by atoms with Gasteiger partial charge in [0.2, 0.25) is 0 Å². The number of hydrogen-bond acceptors (Lipinski definition) is 4. The monoisotopic (exact) mass is 352 g/mol. The van der Waals surface area contributed by atoms with Gasteiger partial charge in [-0.15, -0.1) is 6.58 Å². The zero-order valence-electron chi connectivity index (χ0n) is 15.6. The highest BCUT2D eigenvalue weighted by Crippen LogP contribution is 2.31. The molecule has 0 amide bonds. The molecule has 1 fully saturated rings. The third kappa shape index (κ3) is 4.64. The van der Waals surface area contributed by atoms with E-state index in [1.807, 2.05) is 36.7 Å². The first-order valence-electron chi connectivity index (χ1n) is 9.36. The average molecular weight is 352 g/mol. The lowest BCUT2D eigenvalue weighted by molar-refractivity contribution is 0.122. The number of methoxy groups -OCH3 is 1. The molecule has 0 spiro atoms. The van der Waals surface area contributed by atoms with Crippen LogP contribution in [-0.4, -0.2) is 36.7 Å². The van der Waals surface area contributed by atoms with Gasteiger partial charge in [0, 0.05) is 25.0 Å². The van der Waals surface area contributed by atoms with Gasteiger partial charge in [0.05, 0.1) is 7.11 Å². The number of piperidine rings is 1. The number of ether oxygens (including phenoxy) is 2. The molecule has 2 aromatic rings. The summed E-state index contributed by atoms with van der Waals surface area (Å²) in [6.45, 7) is 6.44. The summed E-state index contributed by atoms with van der Waals surface area (Å²) in [6.07, 6.45) is 10.3. The van der Waals surface area contributed by atoms with Crippen molar-refractivity contribution in [1.29, 1.82) is 0 Å². The Kier molecular flexibility index (Phi) is 6.67. The molecule has 1 atom stereocenters. The van der Waals surface area contributed by atoms with E-state index in [0.29, 0.717) is 12.6 Å². The summed E-state index contributed by atoms with van der Waals surface area (Å²) in [7, 11) is 1.68. The fourth-order valence-corrected chi connectivity index (χ4v) is 3.61. The molecular formula is C22H28N2O2. The first-order valence-corrected chi connectivity index (χ1v) is 9.36. The van der Waals surface area contributed by atoms with Crippen molar-refractivity contribution >= 4 is 0 Å². The summed E-state index contributed by atoms with van der Waals surface area (Å²) in [5, 5.41) is 0. The van der Waals surface area contributed by atoms with Crippen molar-refractivity contribution in [2.24, 2.45) is 0 Å². The lowest BCUT2D eigenvalue weighted by Crippen LogP contribution is -2.36. The van der Waals surface area contributed by atoms with Crippen LogP contribution >= 0.6 is 0 Å². The molecule has 0 aliphatic carbocycles. The molecule has 4 nitrogen and oxygen atoms in total. The Bertz CT molecular complexity index is 703. The molecule has 1 aliphatic heterocycles. The van der Waals surface area contributed by atoms with Crippen LogP contribution in [0.25, 0.3) is 0 Å². The second-order valence-corrected chi connectivity index (χ2v) is 6.66. The Balaban J connectivity index is 1.60. The lowest BCUT2D eigenvalue weighted by atomic mass is 9.96. The van der Waals surface area contributed by atoms with E-state index >= 15 is 0 Å². The van der Waals surface area contributed by atoms with Crippen LogP contribution in [0.3, 0.4) is 0 Å². The second kappa shape index (κ2) is 9.39. The first-order chi connectivity index (χ1) is 12.8. The first kappa shape index (κ1) is 18.5. The number of hydrogen-bond donors (Lipinski definition) is 0. The van der Waals surface area contributed by atoms with E-state index in [-0.39, 0.29) is 0 Å². The Hall–Kier alpha value is -2.33. The Labute approximate surface area is 156 Å². The predicted molar refractivity (Wildman–Crippen MR) is 105 cm³/mol. The van der Waals surface area contributed by atoms with Crippen LogP contribution in [0.2, 0.25) is 0 Å². The fraction of sp³-hybridized carbons (Fsp3) is 0.409. The number of benzene rings is 1. The van der Waals surface area contributed by atoms with Crippen LogP contribution < -0.4 is 9.47 Å². The van der Waals surface area contributed by atoms with Gasteiger partial charge in [-0.05, 0) is 55.1 Å². The van der Waals surface area contributed by atoms with Gasteiger partial charge in [-0.3, -0.25) is 9.88 Å². The molecule has 0 bridgehead atoms. The quantitative estimate of drug-likeness (QED) is 0.659. The van der Waals surface area contributed by atoms with E-state index in [0.717, 1.165) is 31.0 Å². The highest BCUT2D eigenvalue weighted by atomic mass is 16.5. The molecule has 1 unspecified atom stereocenters. The summed E-state index contributed by atoms with van der Waals surface area (Å²) in [5.41, 5.74) is 2.48. The normalized spacial score (nSPS) is 17.7. The Morgan fingerprint density at radius 3 is 2.96 bits per heavy atom. The predicted octanol–water partition coefficient (Wildman–Crippen LogP) is 4.42. The van der Waals surface area contributed by atoms with Crippen LogP contribution in [-0.2, 0) is 6.42 Å². The van der Waals surface area contributed by atoms with Gasteiger partial charge < -0.3 is 9.47 Å². The molecule has 138 valence electrons. The van der Waals surface area contributed by atoms with Gasteiger partial charge in [0.1, 0.15) is 6.61 Å². The van der Waals surface area contributed by atoms with E-state index < -0.39 is 0 Å². The summed E-state index contributed by atoms with van der Waals surface area (Å²) in [5.74, 6) is 1.59. The van der Waals surface area contributed by atoms with Gasteiger partial charge in [-0.1, -0.05) is 24.6 Å². The zero-order valence-corrected chi connectivity index (χ0v) is 15.6. The average Bonchev–Trinajstić information content (AvgIpc) is 2.70. The van der Waals surface area contributed by atoms with Crippen molar-refractivity contribution in [3.63, 3.8) is 0 Å². The van der Waals surface area contributed by atoms with Crippen LogP contribution in [0.5, 0.6) is 11.5 Å². The minimum Gasteiger partial charge on any atom is -0.493 e. The summed E-state index contributed by atoms with van der Waals surface area (Å²) in [4.78, 5) is 6.80. The van der Waals surface area contributed by atoms with Crippen LogP contribution in [0.4, 0.5) is 0 Å². The van der Waals surface area contributed by atoms with Gasteiger partial charge in [-0.25, -0.2) is 0 Å². The van der Waals surface area contributed by atoms with E-state index in [1.54, 1.807) is 7.11 Å². The molecule has 1 aliphatic rings. The van der Waals surface area contributed by atoms with Crippen LogP contribution in [0, 0.1) is 0 Å². The molecular weight excluding hydrogens is 324 g/mol. The topological polar surface area (TPSA) is 34.6 Å². The van der Waals surface area contributed by atoms with Crippen molar-refractivity contribution in [1.82, 2.24) is 9.88 Å². The van der Waals surface area contributed by atoms with Crippen LogP contribution in [0.1, 0.15) is 36.4 Å². The van der Waals surface area contributed by atoms with Crippen molar-refractivity contribution in [3.8, 4) is 11.5 Å². The molecule has 26 heavy (non-hydrogen) atoms. The van der Waals surface area contributed by atoms with Crippen molar-refractivity contribution in [3.05, 3.63) is 66.5 Å². The van der Waals surface area contributed by atoms with Crippen molar-refractivity contribution in [2.45, 2.75) is 31.7 Å². The number of aromatic nitrogens is 1. The van der Waals surface area contributed by atoms with E-state index in [1.165, 1.54) is 30.4 Å². The molecule has 4 heteroatoms. The lowest BCUT2D eigenvalue weighted by Gasteiger charge is -2.35. The number of rotatable bonds is 8. The third-order valence-electron chi connectivity index (χ3n) is 4.93. The number of likely N-dealkylation sites (tertiary alicyclic amines) is 1. The molecule has 0 N–H and O–H groups in total. The van der Waals surface area contributed by atoms with E-state index in [9.17, 15) is 0 Å². The minimum absolute atomic E-state index is 0.443. The molecule has 3 rings (SSSR count). The SMILES string of the molecule is C=CCc1ccc(OCCN2CCCCC2c2cccnc2)c(OC)c1. The summed E-state index contributed by atoms with van der Waals surface area (Å²) in [6, 6.07) is 10.7. The minimum atomic E-state index is 0.443. The standard InChI is InChI=1S/C22H28N2O2/c1-3-7-18-10-11-21(22(16-18)25-2)26-15-14-24-13-5-4-9-20(24)19-8-6-12-23-17-19/h3,6,8,10-12,16-17,20H,1,4-5,7,9,13-15H2,2H3. The molecule has 2 heterocycles. The maximum Gasteiger partial charge on any atom is 0.161 e. The smallest absolute Gasteiger partial charge is 0.161 e. The maximum atomic E-state index is 6.04. The maximum absolute atomic E-state index is 6.04. The largest absolute Gasteiger partial charge is 0.493 e. The van der Waals surface area contributed by atoms with Gasteiger partial charge in [-0.2, -0.15) is 0 Å².